The molecule has 0 aliphatic carbocycles. The average Bonchev–Trinajstić information content (AvgIpc) is 2.83. The highest BCUT2D eigenvalue weighted by molar-refractivity contribution is 5.36. The molecule has 1 N–H and O–H groups in total. The number of nitrogens with zero attached hydrogens (tertiary/aromatic N) is 2. The summed E-state index contributed by atoms with van der Waals surface area (Å²) in [6.45, 7) is 3.34. The topological polar surface area (TPSA) is 58.4 Å². The Kier molecular flexibility index (Phi) is 3.67. The van der Waals surface area contributed by atoms with Gasteiger partial charge >= 0.3 is 5.69 Å². The SMILES string of the molecule is O=[N+]([O-])c1cccc(CN2CC3CCCNC3C2)c1F. The minimum Gasteiger partial charge on any atom is -0.312 e. The first kappa shape index (κ1) is 13.5. The number of hydrogen-bond acceptors (Lipinski definition) is 4. The predicted octanol–water partition coefficient (Wildman–Crippen LogP) is 1.92. The molecule has 0 bridgehead atoms. The number of piperidine rings is 1. The molecule has 2 aliphatic rings. The lowest BCUT2D eigenvalue weighted by Crippen LogP contribution is -2.40. The minimum absolute atomic E-state index is 0.415. The van der Waals surface area contributed by atoms with E-state index >= 15 is 0 Å². The molecule has 1 aromatic rings. The second-order valence-electron chi connectivity index (χ2n) is 5.66. The molecule has 6 heteroatoms. The maximum atomic E-state index is 14.1. The van der Waals surface area contributed by atoms with Gasteiger partial charge in [-0.3, -0.25) is 15.0 Å². The molecule has 2 unspecified atom stereocenters. The monoisotopic (exact) mass is 279 g/mol. The molecule has 2 saturated heterocycles. The van der Waals surface area contributed by atoms with Gasteiger partial charge in [0.05, 0.1) is 4.92 Å². The molecule has 0 amide bonds. The lowest BCUT2D eigenvalue weighted by atomic mass is 9.94. The number of nitro groups is 1. The van der Waals surface area contributed by atoms with E-state index in [9.17, 15) is 14.5 Å². The quantitative estimate of drug-likeness (QED) is 0.678. The summed E-state index contributed by atoms with van der Waals surface area (Å²) in [5.41, 5.74) is -0.0184. The fourth-order valence-corrected chi connectivity index (χ4v) is 3.34. The molecule has 5 nitrogen and oxygen atoms in total. The van der Waals surface area contributed by atoms with E-state index in [1.165, 1.54) is 18.9 Å². The van der Waals surface area contributed by atoms with E-state index < -0.39 is 16.4 Å². The van der Waals surface area contributed by atoms with Crippen LogP contribution in [0.15, 0.2) is 18.2 Å². The number of nitrogens with one attached hydrogen (secondary N) is 1. The summed E-state index contributed by atoms with van der Waals surface area (Å²) in [5, 5.41) is 14.3. The van der Waals surface area contributed by atoms with Crippen LogP contribution in [0.4, 0.5) is 10.1 Å². The molecule has 0 aromatic heterocycles. The van der Waals surface area contributed by atoms with Crippen LogP contribution in [0, 0.1) is 21.8 Å². The minimum atomic E-state index is -0.694. The number of halogens is 1. The van der Waals surface area contributed by atoms with Gasteiger partial charge in [0.15, 0.2) is 0 Å². The van der Waals surface area contributed by atoms with Gasteiger partial charge in [0.25, 0.3) is 0 Å². The van der Waals surface area contributed by atoms with Crippen molar-refractivity contribution in [1.29, 1.82) is 0 Å². The largest absolute Gasteiger partial charge is 0.312 e. The summed E-state index contributed by atoms with van der Waals surface area (Å²) in [6, 6.07) is 4.89. The van der Waals surface area contributed by atoms with Crippen molar-refractivity contribution >= 4 is 5.69 Å². The lowest BCUT2D eigenvalue weighted by Gasteiger charge is -2.24. The van der Waals surface area contributed by atoms with E-state index in [1.807, 2.05) is 0 Å². The van der Waals surface area contributed by atoms with Gasteiger partial charge in [-0.15, -0.1) is 0 Å². The molecular formula is C14H18FN3O2. The standard InChI is InChI=1S/C14H18FN3O2/c15-14-11(3-1-5-13(14)18(19)20)8-17-7-10-4-2-6-16-12(10)9-17/h1,3,5,10,12,16H,2,4,6-9H2. The van der Waals surface area contributed by atoms with Gasteiger partial charge in [0.1, 0.15) is 0 Å². The van der Waals surface area contributed by atoms with E-state index in [1.54, 1.807) is 12.1 Å². The summed E-state index contributed by atoms with van der Waals surface area (Å²) in [7, 11) is 0. The average molecular weight is 279 g/mol. The number of benzene rings is 1. The Labute approximate surface area is 116 Å². The molecule has 1 aromatic carbocycles. The Morgan fingerprint density at radius 1 is 1.45 bits per heavy atom. The number of fused-ring (bicyclic) bond motifs is 1. The Morgan fingerprint density at radius 2 is 2.30 bits per heavy atom. The zero-order valence-electron chi connectivity index (χ0n) is 11.2. The number of likely N-dealkylation sites (tertiary alicyclic amines) is 1. The van der Waals surface area contributed by atoms with Crippen LogP contribution in [0.3, 0.4) is 0 Å². The summed E-state index contributed by atoms with van der Waals surface area (Å²) < 4.78 is 14.1. The van der Waals surface area contributed by atoms with Crippen molar-refractivity contribution in [3.05, 3.63) is 39.7 Å². The Balaban J connectivity index is 1.72. The normalized spacial score (nSPS) is 26.4. The van der Waals surface area contributed by atoms with Crippen LogP contribution >= 0.6 is 0 Å². The summed E-state index contributed by atoms with van der Waals surface area (Å²) >= 11 is 0. The van der Waals surface area contributed by atoms with E-state index in [0.29, 0.717) is 24.1 Å². The molecule has 2 aliphatic heterocycles. The first-order chi connectivity index (χ1) is 9.65. The third-order valence-electron chi connectivity index (χ3n) is 4.32. The maximum Gasteiger partial charge on any atom is 0.305 e. The van der Waals surface area contributed by atoms with Gasteiger partial charge in [-0.25, -0.2) is 0 Å². The van der Waals surface area contributed by atoms with Crippen LogP contribution < -0.4 is 5.32 Å². The van der Waals surface area contributed by atoms with Crippen molar-refractivity contribution in [3.8, 4) is 0 Å². The van der Waals surface area contributed by atoms with Crippen molar-refractivity contribution in [2.24, 2.45) is 5.92 Å². The molecule has 2 heterocycles. The molecule has 2 fully saturated rings. The first-order valence-electron chi connectivity index (χ1n) is 7.02. The summed E-state index contributed by atoms with van der Waals surface area (Å²) in [6.07, 6.45) is 2.41. The fourth-order valence-electron chi connectivity index (χ4n) is 3.34. The molecular weight excluding hydrogens is 261 g/mol. The zero-order chi connectivity index (χ0) is 14.1. The summed E-state index contributed by atoms with van der Waals surface area (Å²) in [4.78, 5) is 12.3. The Morgan fingerprint density at radius 3 is 3.05 bits per heavy atom. The zero-order valence-corrected chi connectivity index (χ0v) is 11.2. The second kappa shape index (κ2) is 5.46. The van der Waals surface area contributed by atoms with Crippen molar-refractivity contribution < 1.29 is 9.31 Å². The van der Waals surface area contributed by atoms with Crippen LogP contribution in [0.5, 0.6) is 0 Å². The first-order valence-corrected chi connectivity index (χ1v) is 7.02. The van der Waals surface area contributed by atoms with E-state index in [4.69, 9.17) is 0 Å². The van der Waals surface area contributed by atoms with Crippen LogP contribution in [0.1, 0.15) is 18.4 Å². The third kappa shape index (κ3) is 2.53. The molecule has 0 spiro atoms. The van der Waals surface area contributed by atoms with Crippen molar-refractivity contribution in [1.82, 2.24) is 10.2 Å². The van der Waals surface area contributed by atoms with E-state index in [2.05, 4.69) is 10.2 Å². The summed E-state index contributed by atoms with van der Waals surface area (Å²) in [5.74, 6) is -0.0640. The number of hydrogen-bond donors (Lipinski definition) is 1. The van der Waals surface area contributed by atoms with Gasteiger partial charge in [-0.05, 0) is 25.3 Å². The Bertz CT molecular complexity index is 509. The molecule has 0 saturated carbocycles. The van der Waals surface area contributed by atoms with Crippen molar-refractivity contribution in [2.75, 3.05) is 19.6 Å². The van der Waals surface area contributed by atoms with Crippen molar-refractivity contribution in [3.63, 3.8) is 0 Å². The Hall–Kier alpha value is -1.53. The van der Waals surface area contributed by atoms with E-state index in [0.717, 1.165) is 19.6 Å². The molecule has 0 radical (unpaired) electrons. The van der Waals surface area contributed by atoms with Crippen molar-refractivity contribution in [2.45, 2.75) is 25.4 Å². The maximum absolute atomic E-state index is 14.1. The van der Waals surface area contributed by atoms with Crippen LogP contribution in [0.25, 0.3) is 0 Å². The van der Waals surface area contributed by atoms with Crippen LogP contribution in [0.2, 0.25) is 0 Å². The smallest absolute Gasteiger partial charge is 0.305 e. The molecule has 2 atom stereocenters. The van der Waals surface area contributed by atoms with Gasteiger partial charge in [0, 0.05) is 37.3 Å². The second-order valence-corrected chi connectivity index (χ2v) is 5.66. The number of rotatable bonds is 3. The van der Waals surface area contributed by atoms with Gasteiger partial charge in [-0.2, -0.15) is 4.39 Å². The molecule has 108 valence electrons. The highest BCUT2D eigenvalue weighted by atomic mass is 19.1. The molecule has 20 heavy (non-hydrogen) atoms. The highest BCUT2D eigenvalue weighted by Gasteiger charge is 2.34. The van der Waals surface area contributed by atoms with Gasteiger partial charge in [-0.1, -0.05) is 12.1 Å². The van der Waals surface area contributed by atoms with Gasteiger partial charge in [0.2, 0.25) is 5.82 Å². The van der Waals surface area contributed by atoms with Crippen LogP contribution in [-0.2, 0) is 6.54 Å². The molecule has 3 rings (SSSR count). The fraction of sp³-hybridized carbons (Fsp3) is 0.571. The van der Waals surface area contributed by atoms with Gasteiger partial charge < -0.3 is 5.32 Å². The third-order valence-corrected chi connectivity index (χ3v) is 4.32. The van der Waals surface area contributed by atoms with Crippen LogP contribution in [-0.4, -0.2) is 35.5 Å². The lowest BCUT2D eigenvalue weighted by molar-refractivity contribution is -0.387. The number of nitro benzene ring substituents is 1. The predicted molar refractivity (Wildman–Crippen MR) is 72.8 cm³/mol. The highest BCUT2D eigenvalue weighted by Crippen LogP contribution is 2.28. The van der Waals surface area contributed by atoms with E-state index in [-0.39, 0.29) is 0 Å².